The molecule has 2 aromatic carbocycles. The van der Waals surface area contributed by atoms with E-state index in [-0.39, 0.29) is 12.2 Å². The van der Waals surface area contributed by atoms with Gasteiger partial charge in [0.15, 0.2) is 0 Å². The predicted molar refractivity (Wildman–Crippen MR) is 123 cm³/mol. The van der Waals surface area contributed by atoms with Gasteiger partial charge in [-0.15, -0.1) is 0 Å². The highest BCUT2D eigenvalue weighted by Crippen LogP contribution is 2.32. The first-order valence-corrected chi connectivity index (χ1v) is 12.6. The Morgan fingerprint density at radius 2 is 1.74 bits per heavy atom. The Balaban J connectivity index is 1.66. The molecule has 1 fully saturated rings. The maximum Gasteiger partial charge on any atom is 0.416 e. The van der Waals surface area contributed by atoms with E-state index in [1.54, 1.807) is 0 Å². The number of morpholine rings is 1. The molecule has 1 heterocycles. The number of amides is 1. The van der Waals surface area contributed by atoms with E-state index < -0.39 is 33.7 Å². The Kier molecular flexibility index (Phi) is 8.21. The van der Waals surface area contributed by atoms with Gasteiger partial charge in [0.1, 0.15) is 6.04 Å². The van der Waals surface area contributed by atoms with Crippen LogP contribution >= 0.6 is 0 Å². The molecule has 0 radical (unpaired) electrons. The molecule has 1 atom stereocenters. The first-order chi connectivity index (χ1) is 15.9. The summed E-state index contributed by atoms with van der Waals surface area (Å²) < 4.78 is 70.1. The van der Waals surface area contributed by atoms with Gasteiger partial charge < -0.3 is 10.1 Å². The second-order valence-electron chi connectivity index (χ2n) is 8.21. The van der Waals surface area contributed by atoms with Crippen molar-refractivity contribution < 1.29 is 31.1 Å². The molecule has 1 amide bonds. The van der Waals surface area contributed by atoms with Crippen LogP contribution in [0.3, 0.4) is 0 Å². The molecule has 0 saturated carbocycles. The van der Waals surface area contributed by atoms with E-state index in [4.69, 9.17) is 4.74 Å². The van der Waals surface area contributed by atoms with Gasteiger partial charge in [0.2, 0.25) is 15.9 Å². The molecular formula is C23H28F3N3O4S. The van der Waals surface area contributed by atoms with E-state index in [1.807, 2.05) is 24.3 Å². The zero-order chi connectivity index (χ0) is 24.9. The normalized spacial score (nSPS) is 16.1. The Morgan fingerprint density at radius 1 is 1.12 bits per heavy atom. The average Bonchev–Trinajstić information content (AvgIpc) is 2.78. The van der Waals surface area contributed by atoms with Crippen molar-refractivity contribution in [2.24, 2.45) is 0 Å². The Labute approximate surface area is 197 Å². The highest BCUT2D eigenvalue weighted by Gasteiger charge is 2.34. The Bertz CT molecular complexity index is 1090. The second kappa shape index (κ2) is 10.7. The second-order valence-corrected chi connectivity index (χ2v) is 10.1. The SMILES string of the molecule is C[C@@H](C(=O)NCc1ccc(CN2CCOCC2)cc1)N(c1cccc(C(F)(F)F)c1)S(C)(=O)=O. The summed E-state index contributed by atoms with van der Waals surface area (Å²) in [5.74, 6) is -0.625. The lowest BCUT2D eigenvalue weighted by Gasteiger charge is -2.28. The van der Waals surface area contributed by atoms with Gasteiger partial charge in [-0.1, -0.05) is 30.3 Å². The predicted octanol–water partition coefficient (Wildman–Crippen LogP) is 3.01. The van der Waals surface area contributed by atoms with Crippen LogP contribution in [0.15, 0.2) is 48.5 Å². The smallest absolute Gasteiger partial charge is 0.379 e. The van der Waals surface area contributed by atoms with Crippen molar-refractivity contribution in [1.82, 2.24) is 10.2 Å². The molecule has 1 aliphatic rings. The van der Waals surface area contributed by atoms with Crippen LogP contribution < -0.4 is 9.62 Å². The van der Waals surface area contributed by atoms with Crippen LogP contribution in [0.2, 0.25) is 0 Å². The Morgan fingerprint density at radius 3 is 2.32 bits per heavy atom. The van der Waals surface area contributed by atoms with E-state index in [1.165, 1.54) is 13.0 Å². The number of sulfonamides is 1. The molecule has 0 bridgehead atoms. The summed E-state index contributed by atoms with van der Waals surface area (Å²) in [7, 11) is -4.04. The number of carbonyl (C=O) groups is 1. The molecule has 7 nitrogen and oxygen atoms in total. The first-order valence-electron chi connectivity index (χ1n) is 10.8. The number of anilines is 1. The van der Waals surface area contributed by atoms with Crippen molar-refractivity contribution in [1.29, 1.82) is 0 Å². The molecule has 0 spiro atoms. The van der Waals surface area contributed by atoms with Gasteiger partial charge in [-0.05, 0) is 36.2 Å². The van der Waals surface area contributed by atoms with Gasteiger partial charge in [0.05, 0.1) is 30.7 Å². The van der Waals surface area contributed by atoms with Crippen LogP contribution in [-0.4, -0.2) is 57.8 Å². The van der Waals surface area contributed by atoms with E-state index in [0.717, 1.165) is 55.2 Å². The van der Waals surface area contributed by atoms with Gasteiger partial charge in [-0.2, -0.15) is 13.2 Å². The lowest BCUT2D eigenvalue weighted by molar-refractivity contribution is -0.137. The van der Waals surface area contributed by atoms with Crippen LogP contribution in [0.5, 0.6) is 0 Å². The number of alkyl halides is 3. The number of hydrogen-bond acceptors (Lipinski definition) is 5. The number of carbonyl (C=O) groups excluding carboxylic acids is 1. The molecule has 11 heteroatoms. The van der Waals surface area contributed by atoms with E-state index in [9.17, 15) is 26.4 Å². The number of ether oxygens (including phenoxy) is 1. The van der Waals surface area contributed by atoms with Gasteiger partial charge in [0.25, 0.3) is 0 Å². The summed E-state index contributed by atoms with van der Waals surface area (Å²) in [6, 6.07) is 10.3. The number of nitrogens with zero attached hydrogens (tertiary/aromatic N) is 2. The van der Waals surface area contributed by atoms with Crippen molar-refractivity contribution >= 4 is 21.6 Å². The first kappa shape index (κ1) is 26.0. The third kappa shape index (κ3) is 6.94. The molecular weight excluding hydrogens is 471 g/mol. The van der Waals surface area contributed by atoms with Gasteiger partial charge >= 0.3 is 6.18 Å². The van der Waals surface area contributed by atoms with Crippen LogP contribution in [0.4, 0.5) is 18.9 Å². The molecule has 0 aromatic heterocycles. The largest absolute Gasteiger partial charge is 0.416 e. The minimum absolute atomic E-state index is 0.154. The fourth-order valence-corrected chi connectivity index (χ4v) is 4.91. The van der Waals surface area contributed by atoms with Crippen molar-refractivity contribution in [3.63, 3.8) is 0 Å². The number of benzene rings is 2. The third-order valence-electron chi connectivity index (χ3n) is 5.52. The van der Waals surface area contributed by atoms with E-state index in [0.29, 0.717) is 17.5 Å². The number of nitrogens with one attached hydrogen (secondary N) is 1. The quantitative estimate of drug-likeness (QED) is 0.604. The monoisotopic (exact) mass is 499 g/mol. The van der Waals surface area contributed by atoms with Crippen molar-refractivity contribution in [2.75, 3.05) is 36.9 Å². The van der Waals surface area contributed by atoms with Gasteiger partial charge in [0, 0.05) is 26.2 Å². The Hall–Kier alpha value is -2.63. The van der Waals surface area contributed by atoms with Crippen molar-refractivity contribution in [2.45, 2.75) is 32.2 Å². The minimum Gasteiger partial charge on any atom is -0.379 e. The summed E-state index contributed by atoms with van der Waals surface area (Å²) in [6.45, 7) is 5.47. The van der Waals surface area contributed by atoms with Crippen LogP contribution in [0, 0.1) is 0 Å². The molecule has 1 N–H and O–H groups in total. The summed E-state index contributed by atoms with van der Waals surface area (Å²) in [6.07, 6.45) is -3.79. The lowest BCUT2D eigenvalue weighted by Crippen LogP contribution is -2.47. The van der Waals surface area contributed by atoms with Gasteiger partial charge in [-0.25, -0.2) is 8.42 Å². The van der Waals surface area contributed by atoms with Crippen LogP contribution in [-0.2, 0) is 38.8 Å². The highest BCUT2D eigenvalue weighted by molar-refractivity contribution is 7.92. The van der Waals surface area contributed by atoms with E-state index in [2.05, 4.69) is 10.2 Å². The number of hydrogen-bond donors (Lipinski definition) is 1. The molecule has 0 unspecified atom stereocenters. The van der Waals surface area contributed by atoms with Crippen LogP contribution in [0.25, 0.3) is 0 Å². The molecule has 1 aliphatic heterocycles. The topological polar surface area (TPSA) is 79.0 Å². The fourth-order valence-electron chi connectivity index (χ4n) is 3.74. The summed E-state index contributed by atoms with van der Waals surface area (Å²) >= 11 is 0. The third-order valence-corrected chi connectivity index (χ3v) is 6.76. The molecule has 2 aromatic rings. The van der Waals surface area contributed by atoms with Crippen molar-refractivity contribution in [3.05, 3.63) is 65.2 Å². The molecule has 3 rings (SSSR count). The van der Waals surface area contributed by atoms with Crippen LogP contribution in [0.1, 0.15) is 23.6 Å². The standard InChI is InChI=1S/C23H28F3N3O4S/c1-17(29(34(2,31)32)21-5-3-4-20(14-21)23(24,25)26)22(30)27-15-18-6-8-19(9-7-18)16-28-10-12-33-13-11-28/h3-9,14,17H,10-13,15-16H2,1-2H3,(H,27,30)/t17-/m0/s1. The summed E-state index contributed by atoms with van der Waals surface area (Å²) in [4.78, 5) is 15.0. The average molecular weight is 500 g/mol. The highest BCUT2D eigenvalue weighted by atomic mass is 32.2. The minimum atomic E-state index is -4.64. The zero-order valence-electron chi connectivity index (χ0n) is 19.0. The van der Waals surface area contributed by atoms with Gasteiger partial charge in [-0.3, -0.25) is 14.0 Å². The number of halogens is 3. The molecule has 186 valence electrons. The molecule has 34 heavy (non-hydrogen) atoms. The van der Waals surface area contributed by atoms with E-state index >= 15 is 0 Å². The maximum atomic E-state index is 13.1. The summed E-state index contributed by atoms with van der Waals surface area (Å²) in [5, 5.41) is 2.67. The number of rotatable bonds is 8. The molecule has 1 saturated heterocycles. The zero-order valence-corrected chi connectivity index (χ0v) is 19.8. The maximum absolute atomic E-state index is 13.1. The summed E-state index contributed by atoms with van der Waals surface area (Å²) in [5.41, 5.74) is 0.713. The fraction of sp³-hybridized carbons (Fsp3) is 0.435. The van der Waals surface area contributed by atoms with Crippen molar-refractivity contribution in [3.8, 4) is 0 Å². The lowest BCUT2D eigenvalue weighted by atomic mass is 10.1. The molecule has 0 aliphatic carbocycles.